The fraction of sp³-hybridized carbons (Fsp3) is 0.404. The van der Waals surface area contributed by atoms with Crippen LogP contribution in [0.25, 0.3) is 39.0 Å². The number of fused-ring (bicyclic) bond motifs is 3. The summed E-state index contributed by atoms with van der Waals surface area (Å²) in [5.74, 6) is 6.19. The maximum absolute atomic E-state index is 17.2. The number of phenolic OH excluding ortho intramolecular Hbond substituents is 1. The average molecular weight is 1030 g/mol. The molecule has 22 heteroatoms. The molecule has 4 saturated heterocycles. The van der Waals surface area contributed by atoms with E-state index in [0.29, 0.717) is 48.0 Å². The molecule has 4 aliphatic heterocycles. The Morgan fingerprint density at radius 3 is 2.70 bits per heavy atom. The van der Waals surface area contributed by atoms with Crippen LogP contribution in [-0.4, -0.2) is 146 Å². The number of amides is 4. The van der Waals surface area contributed by atoms with E-state index in [1.54, 1.807) is 24.4 Å². The number of nitrogens with zero attached hydrogens (tertiary/aromatic N) is 8. The number of nitrogens with two attached hydrogens (primary N) is 2. The van der Waals surface area contributed by atoms with E-state index in [0.717, 1.165) is 50.5 Å². The van der Waals surface area contributed by atoms with Crippen molar-refractivity contribution in [1.29, 1.82) is 0 Å². The van der Waals surface area contributed by atoms with Crippen molar-refractivity contribution >= 4 is 63.2 Å². The second-order valence-electron chi connectivity index (χ2n) is 18.8. The highest BCUT2D eigenvalue weighted by atomic mass is 32.2. The van der Waals surface area contributed by atoms with Gasteiger partial charge in [0.25, 0.3) is 5.91 Å². The maximum atomic E-state index is 17.2. The lowest BCUT2D eigenvalue weighted by Gasteiger charge is -2.35. The van der Waals surface area contributed by atoms with Crippen molar-refractivity contribution in [2.24, 2.45) is 11.6 Å². The van der Waals surface area contributed by atoms with Crippen LogP contribution < -0.4 is 37.2 Å². The molecular weight excluding hydrogens is 976 g/mol. The van der Waals surface area contributed by atoms with Gasteiger partial charge >= 0.3 is 12.0 Å². The van der Waals surface area contributed by atoms with Crippen molar-refractivity contribution in [1.82, 2.24) is 50.7 Å². The zero-order valence-corrected chi connectivity index (χ0v) is 41.4. The third kappa shape index (κ3) is 11.9. The van der Waals surface area contributed by atoms with E-state index in [1.807, 2.05) is 16.7 Å². The van der Waals surface area contributed by atoms with Gasteiger partial charge in [0, 0.05) is 104 Å². The van der Waals surface area contributed by atoms with Crippen molar-refractivity contribution in [2.75, 3.05) is 69.6 Å². The molecule has 3 aromatic heterocycles. The van der Waals surface area contributed by atoms with Crippen molar-refractivity contribution in [3.8, 4) is 35.4 Å². The molecule has 4 amide bonds. The number of anilines is 1. The van der Waals surface area contributed by atoms with Crippen LogP contribution in [0.3, 0.4) is 0 Å². The first-order valence-corrected chi connectivity index (χ1v) is 25.8. The highest BCUT2D eigenvalue weighted by Gasteiger charge is 2.42. The Hall–Kier alpha value is -7.35. The van der Waals surface area contributed by atoms with E-state index in [9.17, 15) is 19.5 Å². The molecule has 5 aromatic rings. The summed E-state index contributed by atoms with van der Waals surface area (Å²) in [5, 5.41) is 22.2. The number of urea groups is 1. The van der Waals surface area contributed by atoms with Crippen molar-refractivity contribution in [3.05, 3.63) is 95.5 Å². The van der Waals surface area contributed by atoms with Crippen LogP contribution in [0.5, 0.6) is 11.8 Å². The molecule has 4 fully saturated rings. The van der Waals surface area contributed by atoms with Crippen LogP contribution in [0.1, 0.15) is 56.2 Å². The SMILES string of the molecule is C#Cc1c(F)ccc2cc(O)cc(-c3ncc4c(N5CCN(C(=O)/C(F)=C/c6ccccn6)CC5)nc(OCC5CCCN5CCCN(N)/C=C(\N)CNC(=O)CCCCC5SC[C@@H]6NC(=O)N[C@H]56)nc4c3F)c12. The predicted octanol–water partition coefficient (Wildman–Crippen LogP) is 4.92. The predicted molar refractivity (Wildman–Crippen MR) is 277 cm³/mol. The zero-order chi connectivity index (χ0) is 51.9. The molecule has 8 N–H and O–H groups in total. The van der Waals surface area contributed by atoms with Gasteiger partial charge in [-0.25, -0.2) is 23.8 Å². The van der Waals surface area contributed by atoms with Gasteiger partial charge in [0.1, 0.15) is 35.2 Å². The fourth-order valence-corrected chi connectivity index (χ4v) is 11.6. The summed E-state index contributed by atoms with van der Waals surface area (Å²) in [5.41, 5.74) is 6.48. The summed E-state index contributed by atoms with van der Waals surface area (Å²) in [6, 6.07) is 10.3. The van der Waals surface area contributed by atoms with Gasteiger partial charge in [0.05, 0.1) is 35.3 Å². The number of piperazine rings is 1. The lowest BCUT2D eigenvalue weighted by molar-refractivity contribution is -0.128. The molecule has 0 saturated carbocycles. The molecule has 18 nitrogen and oxygen atoms in total. The van der Waals surface area contributed by atoms with Crippen LogP contribution in [0.4, 0.5) is 23.8 Å². The molecule has 4 atom stereocenters. The van der Waals surface area contributed by atoms with E-state index in [4.69, 9.17) is 27.7 Å². The number of unbranched alkanes of at least 4 members (excludes halogenated alkanes) is 1. The molecular formula is C52H58F3N13O5S. The maximum Gasteiger partial charge on any atom is 0.319 e. The van der Waals surface area contributed by atoms with Crippen molar-refractivity contribution in [3.63, 3.8) is 0 Å². The number of carbonyl (C=O) groups is 3. The smallest absolute Gasteiger partial charge is 0.319 e. The van der Waals surface area contributed by atoms with E-state index >= 15 is 13.2 Å². The van der Waals surface area contributed by atoms with Gasteiger partial charge < -0.3 is 46.3 Å². The Bertz CT molecular complexity index is 3010. The third-order valence-electron chi connectivity index (χ3n) is 13.8. The number of ether oxygens (including phenoxy) is 1. The molecule has 9 rings (SSSR count). The number of likely N-dealkylation sites (tertiary alicyclic amines) is 1. The molecule has 2 aromatic carbocycles. The number of aromatic nitrogens is 4. The number of hydrogen-bond acceptors (Lipinski definition) is 15. The number of carbonyl (C=O) groups excluding carboxylic acids is 3. The average Bonchev–Trinajstić information content (AvgIpc) is 4.12. The van der Waals surface area contributed by atoms with Gasteiger partial charge in [0.15, 0.2) is 11.6 Å². The molecule has 0 radical (unpaired) electrons. The van der Waals surface area contributed by atoms with E-state index in [2.05, 4.69) is 41.7 Å². The number of pyridine rings is 2. The highest BCUT2D eigenvalue weighted by Crippen LogP contribution is 2.39. The fourth-order valence-electron chi connectivity index (χ4n) is 10.1. The third-order valence-corrected chi connectivity index (χ3v) is 15.3. The number of nitrogens with one attached hydrogen (secondary N) is 3. The standard InChI is InChI=1S/C52H58F3N13O5S/c1-2-36-39(53)14-13-31-23-35(69)25-37(44(31)36)46-45(55)47-38(27-60-46)49(66-19-21-67(22-20-66)50(71)40(54)24-33-9-5-6-15-58-33)64-52(63-47)73-29-34-10-7-16-65(34)17-8-18-68(57)28-32(56)26-59-43(70)12-4-3-11-42-48-41(30-74-42)61-51(72)62-48/h1,5-6,9,13-15,23-25,27-28,34,41-42,48,69H,3-4,7-8,10-12,16-22,26,29-30,56-57H2,(H,59,70)(H2,61,62,72)/b32-28-,40-24-/t34?,41-,42?,48-/m0/s1. The minimum atomic E-state index is -0.955. The van der Waals surface area contributed by atoms with Crippen LogP contribution in [0, 0.1) is 24.0 Å². The van der Waals surface area contributed by atoms with Crippen LogP contribution in [0.15, 0.2) is 72.6 Å². The summed E-state index contributed by atoms with van der Waals surface area (Å²) in [7, 11) is 0. The Morgan fingerprint density at radius 1 is 1.07 bits per heavy atom. The van der Waals surface area contributed by atoms with E-state index in [1.165, 1.54) is 46.6 Å². The van der Waals surface area contributed by atoms with Crippen molar-refractivity contribution in [2.45, 2.75) is 68.3 Å². The monoisotopic (exact) mass is 1030 g/mol. The highest BCUT2D eigenvalue weighted by molar-refractivity contribution is 8.00. The van der Waals surface area contributed by atoms with Gasteiger partial charge in [-0.05, 0) is 74.4 Å². The summed E-state index contributed by atoms with van der Waals surface area (Å²) >= 11 is 1.86. The van der Waals surface area contributed by atoms with E-state index in [-0.39, 0.29) is 120 Å². The van der Waals surface area contributed by atoms with Gasteiger partial charge in [-0.1, -0.05) is 24.5 Å². The Kier molecular flexibility index (Phi) is 16.2. The van der Waals surface area contributed by atoms with Gasteiger partial charge in [-0.2, -0.15) is 21.7 Å². The number of rotatable bonds is 19. The van der Waals surface area contributed by atoms with Crippen molar-refractivity contribution < 1.29 is 37.4 Å². The number of hydrazine groups is 1. The van der Waals surface area contributed by atoms with Gasteiger partial charge in [-0.3, -0.25) is 24.5 Å². The Balaban J connectivity index is 0.840. The van der Waals surface area contributed by atoms with Gasteiger partial charge in [-0.15, -0.1) is 6.42 Å². The number of hydrogen-bond donors (Lipinski definition) is 6. The van der Waals surface area contributed by atoms with Crippen LogP contribution in [0.2, 0.25) is 0 Å². The molecule has 0 aliphatic carbocycles. The number of thioether (sulfide) groups is 1. The summed E-state index contributed by atoms with van der Waals surface area (Å²) in [6.45, 7) is 2.95. The normalized spacial score (nSPS) is 20.1. The largest absolute Gasteiger partial charge is 0.508 e. The Labute approximate surface area is 430 Å². The number of terminal acetylenes is 1. The summed E-state index contributed by atoms with van der Waals surface area (Å²) in [6.07, 6.45) is 16.7. The molecule has 0 bridgehead atoms. The minimum absolute atomic E-state index is 0.0357. The lowest BCUT2D eigenvalue weighted by atomic mass is 9.96. The first-order chi connectivity index (χ1) is 35.8. The summed E-state index contributed by atoms with van der Waals surface area (Å²) in [4.78, 5) is 60.8. The molecule has 388 valence electrons. The molecule has 7 heterocycles. The minimum Gasteiger partial charge on any atom is -0.508 e. The summed E-state index contributed by atoms with van der Waals surface area (Å²) < 4.78 is 53.7. The number of benzene rings is 2. The number of phenols is 1. The Morgan fingerprint density at radius 2 is 1.91 bits per heavy atom. The zero-order valence-electron chi connectivity index (χ0n) is 40.6. The number of aromatic hydroxyl groups is 1. The first kappa shape index (κ1) is 51.5. The lowest BCUT2D eigenvalue weighted by Crippen LogP contribution is -2.49. The van der Waals surface area contributed by atoms with Gasteiger partial charge in [0.2, 0.25) is 5.91 Å². The van der Waals surface area contributed by atoms with Crippen LogP contribution >= 0.6 is 11.8 Å². The molecule has 4 aliphatic rings. The molecule has 0 spiro atoms. The second kappa shape index (κ2) is 23.2. The topological polar surface area (TPSA) is 233 Å². The quantitative estimate of drug-likeness (QED) is 0.0161. The molecule has 2 unspecified atom stereocenters. The van der Waals surface area contributed by atoms with E-state index < -0.39 is 23.4 Å². The first-order valence-electron chi connectivity index (χ1n) is 24.7. The number of halogens is 3. The molecule has 74 heavy (non-hydrogen) atoms. The second-order valence-corrected chi connectivity index (χ2v) is 20.1. The van der Waals surface area contributed by atoms with Crippen LogP contribution in [-0.2, 0) is 9.59 Å².